The van der Waals surface area contributed by atoms with Gasteiger partial charge in [-0.15, -0.1) is 0 Å². The number of nitrogens with zero attached hydrogens (tertiary/aromatic N) is 1. The van der Waals surface area contributed by atoms with Crippen LogP contribution < -0.4 is 10.2 Å². The molecule has 0 unspecified atom stereocenters. The highest BCUT2D eigenvalue weighted by Gasteiger charge is 2.01. The second-order valence-electron chi connectivity index (χ2n) is 4.90. The summed E-state index contributed by atoms with van der Waals surface area (Å²) < 4.78 is 1.05. The first kappa shape index (κ1) is 15.4. The molecule has 2 aromatic carbocycles. The molecule has 0 fully saturated rings. The van der Waals surface area contributed by atoms with Gasteiger partial charge in [-0.3, -0.25) is 0 Å². The molecule has 0 heterocycles. The SMILES string of the molecule is CN(C)c1ccc(CNCc2cc(Br)ccc2Cl)cc1. The third-order valence-electron chi connectivity index (χ3n) is 3.11. The second-order valence-corrected chi connectivity index (χ2v) is 6.22. The molecule has 2 nitrogen and oxygen atoms in total. The van der Waals surface area contributed by atoms with Crippen LogP contribution in [0.5, 0.6) is 0 Å². The lowest BCUT2D eigenvalue weighted by atomic mass is 10.2. The molecule has 0 amide bonds. The van der Waals surface area contributed by atoms with Gasteiger partial charge >= 0.3 is 0 Å². The summed E-state index contributed by atoms with van der Waals surface area (Å²) in [5.41, 5.74) is 3.58. The van der Waals surface area contributed by atoms with Gasteiger partial charge in [-0.2, -0.15) is 0 Å². The monoisotopic (exact) mass is 352 g/mol. The summed E-state index contributed by atoms with van der Waals surface area (Å²) in [6.07, 6.45) is 0. The van der Waals surface area contributed by atoms with Crippen LogP contribution in [0.4, 0.5) is 5.69 Å². The van der Waals surface area contributed by atoms with Crippen molar-refractivity contribution in [2.45, 2.75) is 13.1 Å². The van der Waals surface area contributed by atoms with Gasteiger partial charge in [-0.05, 0) is 41.5 Å². The van der Waals surface area contributed by atoms with E-state index in [4.69, 9.17) is 11.6 Å². The van der Waals surface area contributed by atoms with E-state index in [0.717, 1.165) is 28.1 Å². The highest BCUT2D eigenvalue weighted by atomic mass is 79.9. The summed E-state index contributed by atoms with van der Waals surface area (Å²) in [4.78, 5) is 2.10. The van der Waals surface area contributed by atoms with Gasteiger partial charge in [0.2, 0.25) is 0 Å². The number of benzene rings is 2. The Balaban J connectivity index is 1.91. The molecule has 1 N–H and O–H groups in total. The van der Waals surface area contributed by atoms with E-state index in [1.807, 2.05) is 32.3 Å². The van der Waals surface area contributed by atoms with Gasteiger partial charge in [0, 0.05) is 42.4 Å². The Morgan fingerprint density at radius 2 is 1.75 bits per heavy atom. The first-order valence-electron chi connectivity index (χ1n) is 6.47. The Bertz CT molecular complexity index is 567. The topological polar surface area (TPSA) is 15.3 Å². The number of anilines is 1. The summed E-state index contributed by atoms with van der Waals surface area (Å²) in [5.74, 6) is 0. The summed E-state index contributed by atoms with van der Waals surface area (Å²) in [6.45, 7) is 1.59. The largest absolute Gasteiger partial charge is 0.378 e. The van der Waals surface area contributed by atoms with Gasteiger partial charge in [-0.1, -0.05) is 39.7 Å². The molecule has 0 aliphatic heterocycles. The second kappa shape index (κ2) is 7.11. The number of halogens is 2. The Morgan fingerprint density at radius 3 is 2.40 bits per heavy atom. The maximum atomic E-state index is 6.17. The van der Waals surface area contributed by atoms with Crippen LogP contribution in [0.15, 0.2) is 46.9 Å². The van der Waals surface area contributed by atoms with Crippen molar-refractivity contribution in [2.75, 3.05) is 19.0 Å². The predicted molar refractivity (Wildman–Crippen MR) is 90.5 cm³/mol. The third kappa shape index (κ3) is 4.23. The van der Waals surface area contributed by atoms with Crippen LogP contribution in [0.1, 0.15) is 11.1 Å². The molecule has 0 atom stereocenters. The van der Waals surface area contributed by atoms with Crippen LogP contribution in [0.25, 0.3) is 0 Å². The van der Waals surface area contributed by atoms with E-state index in [2.05, 4.69) is 50.4 Å². The molecule has 0 aliphatic carbocycles. The predicted octanol–water partition coefficient (Wildman–Crippen LogP) is 4.46. The van der Waals surface area contributed by atoms with Crippen molar-refractivity contribution >= 4 is 33.2 Å². The van der Waals surface area contributed by atoms with E-state index in [9.17, 15) is 0 Å². The molecule has 0 radical (unpaired) electrons. The molecule has 4 heteroatoms. The van der Waals surface area contributed by atoms with Gasteiger partial charge in [0.05, 0.1) is 0 Å². The lowest BCUT2D eigenvalue weighted by Gasteiger charge is -2.13. The minimum atomic E-state index is 0.758. The van der Waals surface area contributed by atoms with Crippen molar-refractivity contribution in [1.29, 1.82) is 0 Å². The summed E-state index contributed by atoms with van der Waals surface area (Å²) in [5, 5.41) is 4.21. The molecular formula is C16H18BrClN2. The van der Waals surface area contributed by atoms with Gasteiger partial charge in [0.1, 0.15) is 0 Å². The fourth-order valence-corrected chi connectivity index (χ4v) is 2.53. The Labute approximate surface area is 133 Å². The van der Waals surface area contributed by atoms with Crippen molar-refractivity contribution in [1.82, 2.24) is 5.32 Å². The van der Waals surface area contributed by atoms with Crippen molar-refractivity contribution in [2.24, 2.45) is 0 Å². The molecule has 0 bridgehead atoms. The number of nitrogens with one attached hydrogen (secondary N) is 1. The van der Waals surface area contributed by atoms with E-state index in [1.165, 1.54) is 11.3 Å². The van der Waals surface area contributed by atoms with Gasteiger partial charge in [-0.25, -0.2) is 0 Å². The standard InChI is InChI=1S/C16H18BrClN2/c1-20(2)15-6-3-12(4-7-15)10-19-11-13-9-14(17)5-8-16(13)18/h3-9,19H,10-11H2,1-2H3. The number of hydrogen-bond donors (Lipinski definition) is 1. The molecule has 0 aliphatic rings. The Hall–Kier alpha value is -1.03. The molecule has 0 saturated heterocycles. The highest BCUT2D eigenvalue weighted by Crippen LogP contribution is 2.21. The third-order valence-corrected chi connectivity index (χ3v) is 3.97. The van der Waals surface area contributed by atoms with Crippen molar-refractivity contribution in [3.63, 3.8) is 0 Å². The van der Waals surface area contributed by atoms with Crippen LogP contribution in [0, 0.1) is 0 Å². The molecule has 2 aromatic rings. The van der Waals surface area contributed by atoms with Crippen molar-refractivity contribution < 1.29 is 0 Å². The quantitative estimate of drug-likeness (QED) is 0.854. The van der Waals surface area contributed by atoms with Gasteiger partial charge in [0.15, 0.2) is 0 Å². The van der Waals surface area contributed by atoms with Gasteiger partial charge < -0.3 is 10.2 Å². The Morgan fingerprint density at radius 1 is 1.05 bits per heavy atom. The van der Waals surface area contributed by atoms with Crippen LogP contribution in [0.3, 0.4) is 0 Å². The van der Waals surface area contributed by atoms with E-state index in [0.29, 0.717) is 0 Å². The molecule has 106 valence electrons. The maximum Gasteiger partial charge on any atom is 0.0451 e. The van der Waals surface area contributed by atoms with E-state index in [1.54, 1.807) is 0 Å². The zero-order chi connectivity index (χ0) is 14.5. The molecule has 20 heavy (non-hydrogen) atoms. The summed E-state index contributed by atoms with van der Waals surface area (Å²) in [7, 11) is 4.09. The lowest BCUT2D eigenvalue weighted by molar-refractivity contribution is 0.693. The van der Waals surface area contributed by atoms with Crippen molar-refractivity contribution in [3.8, 4) is 0 Å². The minimum Gasteiger partial charge on any atom is -0.378 e. The zero-order valence-corrected chi connectivity index (χ0v) is 14.0. The molecule has 0 spiro atoms. The van der Waals surface area contributed by atoms with Crippen molar-refractivity contribution in [3.05, 3.63) is 63.1 Å². The van der Waals surface area contributed by atoms with E-state index >= 15 is 0 Å². The maximum absolute atomic E-state index is 6.17. The molecule has 2 rings (SSSR count). The van der Waals surface area contributed by atoms with E-state index < -0.39 is 0 Å². The summed E-state index contributed by atoms with van der Waals surface area (Å²) in [6, 6.07) is 14.5. The summed E-state index contributed by atoms with van der Waals surface area (Å²) >= 11 is 9.63. The average Bonchev–Trinajstić information content (AvgIpc) is 2.43. The average molecular weight is 354 g/mol. The lowest BCUT2D eigenvalue weighted by Crippen LogP contribution is -2.13. The Kier molecular flexibility index (Phi) is 5.46. The van der Waals surface area contributed by atoms with Crippen LogP contribution in [0.2, 0.25) is 5.02 Å². The zero-order valence-electron chi connectivity index (χ0n) is 11.7. The van der Waals surface area contributed by atoms with Crippen LogP contribution >= 0.6 is 27.5 Å². The van der Waals surface area contributed by atoms with E-state index in [-0.39, 0.29) is 0 Å². The normalized spacial score (nSPS) is 10.6. The first-order chi connectivity index (χ1) is 9.56. The fourth-order valence-electron chi connectivity index (χ4n) is 1.93. The first-order valence-corrected chi connectivity index (χ1v) is 7.64. The van der Waals surface area contributed by atoms with Gasteiger partial charge in [0.25, 0.3) is 0 Å². The van der Waals surface area contributed by atoms with Crippen LogP contribution in [-0.2, 0) is 13.1 Å². The fraction of sp³-hybridized carbons (Fsp3) is 0.250. The van der Waals surface area contributed by atoms with Crippen LogP contribution in [-0.4, -0.2) is 14.1 Å². The smallest absolute Gasteiger partial charge is 0.0451 e. The molecule has 0 aromatic heterocycles. The number of rotatable bonds is 5. The minimum absolute atomic E-state index is 0.758. The molecular weight excluding hydrogens is 336 g/mol. The highest BCUT2D eigenvalue weighted by molar-refractivity contribution is 9.10. The number of hydrogen-bond acceptors (Lipinski definition) is 2. The molecule has 0 saturated carbocycles.